The molecule has 0 unspecified atom stereocenters. The molecule has 1 fully saturated rings. The Bertz CT molecular complexity index is 1170. The van der Waals surface area contributed by atoms with E-state index in [2.05, 4.69) is 0 Å². The molecular weight excluding hydrogens is 405 g/mol. The van der Waals surface area contributed by atoms with E-state index in [1.807, 2.05) is 48.5 Å². The van der Waals surface area contributed by atoms with Crippen molar-refractivity contribution in [2.75, 3.05) is 4.90 Å². The minimum atomic E-state index is -1.07. The molecule has 29 heavy (non-hydrogen) atoms. The SMILES string of the molecule is O=C1[C@@H]2[C@@H](C(=O)N1c1ccccc1Cl)C1c3ccccc3C2(Cl)c2ccccc21. The van der Waals surface area contributed by atoms with Gasteiger partial charge in [-0.2, -0.15) is 0 Å². The molecule has 1 aliphatic heterocycles. The number of carbonyl (C=O) groups excluding carboxylic acids is 2. The Labute approximate surface area is 177 Å². The third kappa shape index (κ3) is 1.95. The monoisotopic (exact) mass is 419 g/mol. The molecule has 2 amide bonds. The van der Waals surface area contributed by atoms with Gasteiger partial charge in [0.05, 0.1) is 22.5 Å². The van der Waals surface area contributed by atoms with Gasteiger partial charge in [0.2, 0.25) is 11.8 Å². The number of para-hydroxylation sites is 1. The maximum atomic E-state index is 13.7. The van der Waals surface area contributed by atoms with E-state index >= 15 is 0 Å². The zero-order valence-electron chi connectivity index (χ0n) is 15.2. The molecule has 0 N–H and O–H groups in total. The molecule has 3 aromatic carbocycles. The average molecular weight is 420 g/mol. The van der Waals surface area contributed by atoms with Crippen LogP contribution >= 0.6 is 23.2 Å². The lowest BCUT2D eigenvalue weighted by atomic mass is 9.54. The first kappa shape index (κ1) is 17.3. The van der Waals surface area contributed by atoms with Gasteiger partial charge in [-0.1, -0.05) is 72.3 Å². The fourth-order valence-electron chi connectivity index (χ4n) is 5.55. The van der Waals surface area contributed by atoms with Gasteiger partial charge in [0.1, 0.15) is 4.87 Å². The zero-order chi connectivity index (χ0) is 19.9. The van der Waals surface area contributed by atoms with Crippen molar-refractivity contribution < 1.29 is 9.59 Å². The standard InChI is InChI=1S/C24H15Cl2NO2/c25-17-11-5-6-12-18(17)27-22(28)20-19-13-7-1-3-9-15(13)24(26,21(20)23(27)29)16-10-4-2-8-14(16)19/h1-12,19-21H/t19?,20-,21-,24?/m0/s1. The number of halogens is 2. The molecule has 0 spiro atoms. The van der Waals surface area contributed by atoms with Crippen LogP contribution < -0.4 is 4.90 Å². The van der Waals surface area contributed by atoms with E-state index in [1.54, 1.807) is 24.3 Å². The number of imide groups is 1. The zero-order valence-corrected chi connectivity index (χ0v) is 16.7. The van der Waals surface area contributed by atoms with E-state index in [0.717, 1.165) is 22.3 Å². The van der Waals surface area contributed by atoms with Crippen LogP contribution in [0.4, 0.5) is 5.69 Å². The largest absolute Gasteiger partial charge is 0.274 e. The lowest BCUT2D eigenvalue weighted by Gasteiger charge is -2.50. The average Bonchev–Trinajstić information content (AvgIpc) is 3.01. The first-order valence-corrected chi connectivity index (χ1v) is 10.3. The molecule has 2 atom stereocenters. The molecule has 0 radical (unpaired) electrons. The summed E-state index contributed by atoms with van der Waals surface area (Å²) in [5.74, 6) is -1.91. The summed E-state index contributed by atoms with van der Waals surface area (Å²) in [5, 5.41) is 0.374. The minimum Gasteiger partial charge on any atom is -0.274 e. The van der Waals surface area contributed by atoms with E-state index in [1.165, 1.54) is 4.90 Å². The number of nitrogens with zero attached hydrogens (tertiary/aromatic N) is 1. The van der Waals surface area contributed by atoms with Crippen molar-refractivity contribution in [3.8, 4) is 0 Å². The fraction of sp³-hybridized carbons (Fsp3) is 0.167. The highest BCUT2D eigenvalue weighted by Crippen LogP contribution is 2.66. The number of alkyl halides is 1. The third-order valence-electron chi connectivity index (χ3n) is 6.61. The van der Waals surface area contributed by atoms with E-state index in [-0.39, 0.29) is 17.7 Å². The van der Waals surface area contributed by atoms with E-state index in [9.17, 15) is 9.59 Å². The van der Waals surface area contributed by atoms with Crippen LogP contribution in [0.5, 0.6) is 0 Å². The minimum absolute atomic E-state index is 0.197. The number of carbonyl (C=O) groups is 2. The molecule has 3 aromatic rings. The molecule has 5 heteroatoms. The Balaban J connectivity index is 1.64. The van der Waals surface area contributed by atoms with Crippen LogP contribution in [0.25, 0.3) is 0 Å². The van der Waals surface area contributed by atoms with Gasteiger partial charge in [-0.3, -0.25) is 9.59 Å². The molecule has 3 nitrogen and oxygen atoms in total. The maximum absolute atomic E-state index is 13.7. The van der Waals surface area contributed by atoms with Crippen molar-refractivity contribution >= 4 is 40.7 Å². The molecule has 0 saturated carbocycles. The molecule has 2 bridgehead atoms. The van der Waals surface area contributed by atoms with Crippen LogP contribution in [0.15, 0.2) is 72.8 Å². The molecule has 7 rings (SSSR count). The second-order valence-corrected chi connectivity index (χ2v) is 8.83. The van der Waals surface area contributed by atoms with Gasteiger partial charge in [0, 0.05) is 5.92 Å². The summed E-state index contributed by atoms with van der Waals surface area (Å²) in [7, 11) is 0. The van der Waals surface area contributed by atoms with Crippen molar-refractivity contribution in [3.63, 3.8) is 0 Å². The number of anilines is 1. The van der Waals surface area contributed by atoms with Crippen molar-refractivity contribution in [3.05, 3.63) is 100 Å². The highest BCUT2D eigenvalue weighted by atomic mass is 35.5. The molecule has 1 saturated heterocycles. The van der Waals surface area contributed by atoms with E-state index in [0.29, 0.717) is 10.7 Å². The smallest absolute Gasteiger partial charge is 0.240 e. The molecular formula is C24H15Cl2NO2. The number of amides is 2. The first-order valence-electron chi connectivity index (χ1n) is 9.55. The Morgan fingerprint density at radius 2 is 1.31 bits per heavy atom. The normalized spacial score (nSPS) is 28.9. The summed E-state index contributed by atoms with van der Waals surface area (Å²) in [6, 6.07) is 22.8. The summed E-state index contributed by atoms with van der Waals surface area (Å²) < 4.78 is 0. The van der Waals surface area contributed by atoms with Crippen LogP contribution in [0.3, 0.4) is 0 Å². The number of rotatable bonds is 1. The Morgan fingerprint density at radius 3 is 1.93 bits per heavy atom. The molecule has 142 valence electrons. The van der Waals surface area contributed by atoms with Gasteiger partial charge in [0.15, 0.2) is 0 Å². The van der Waals surface area contributed by atoms with Gasteiger partial charge in [0.25, 0.3) is 0 Å². The van der Waals surface area contributed by atoms with Crippen molar-refractivity contribution in [1.82, 2.24) is 0 Å². The summed E-state index contributed by atoms with van der Waals surface area (Å²) in [4.78, 5) is 27.5. The summed E-state index contributed by atoms with van der Waals surface area (Å²) in [6.07, 6.45) is 0. The van der Waals surface area contributed by atoms with Crippen LogP contribution in [0, 0.1) is 11.8 Å². The third-order valence-corrected chi connectivity index (χ3v) is 7.57. The van der Waals surface area contributed by atoms with Gasteiger partial charge < -0.3 is 0 Å². The number of hydrogen-bond donors (Lipinski definition) is 0. The highest BCUT2D eigenvalue weighted by molar-refractivity contribution is 6.37. The molecule has 3 aliphatic carbocycles. The maximum Gasteiger partial charge on any atom is 0.240 e. The van der Waals surface area contributed by atoms with Gasteiger partial charge >= 0.3 is 0 Å². The van der Waals surface area contributed by atoms with E-state index in [4.69, 9.17) is 23.2 Å². The Morgan fingerprint density at radius 1 is 0.759 bits per heavy atom. The lowest BCUT2D eigenvalue weighted by Crippen LogP contribution is -2.50. The second-order valence-electron chi connectivity index (χ2n) is 7.83. The number of benzene rings is 3. The van der Waals surface area contributed by atoms with Crippen LogP contribution in [0.1, 0.15) is 28.2 Å². The van der Waals surface area contributed by atoms with Crippen LogP contribution in [0.2, 0.25) is 5.02 Å². The summed E-state index contributed by atoms with van der Waals surface area (Å²) in [5.41, 5.74) is 4.34. The Hall–Kier alpha value is -2.62. The van der Waals surface area contributed by atoms with Crippen molar-refractivity contribution in [2.45, 2.75) is 10.8 Å². The lowest BCUT2D eigenvalue weighted by molar-refractivity contribution is -0.122. The fourth-order valence-corrected chi connectivity index (χ4v) is 6.34. The van der Waals surface area contributed by atoms with Crippen molar-refractivity contribution in [2.24, 2.45) is 11.8 Å². The number of hydrogen-bond acceptors (Lipinski definition) is 2. The first-order chi connectivity index (χ1) is 14.0. The topological polar surface area (TPSA) is 37.4 Å². The highest BCUT2D eigenvalue weighted by Gasteiger charge is 2.68. The molecule has 4 aliphatic rings. The second kappa shape index (κ2) is 5.71. The quantitative estimate of drug-likeness (QED) is 0.407. The van der Waals surface area contributed by atoms with Gasteiger partial charge in [-0.25, -0.2) is 4.90 Å². The summed E-state index contributed by atoms with van der Waals surface area (Å²) >= 11 is 13.7. The van der Waals surface area contributed by atoms with Crippen molar-refractivity contribution in [1.29, 1.82) is 0 Å². The molecule has 1 heterocycles. The van der Waals surface area contributed by atoms with Gasteiger partial charge in [-0.15, -0.1) is 11.6 Å². The summed E-state index contributed by atoms with van der Waals surface area (Å²) in [6.45, 7) is 0. The van der Waals surface area contributed by atoms with Crippen LogP contribution in [-0.2, 0) is 14.5 Å². The molecule has 0 aromatic heterocycles. The van der Waals surface area contributed by atoms with Crippen LogP contribution in [-0.4, -0.2) is 11.8 Å². The van der Waals surface area contributed by atoms with E-state index < -0.39 is 16.7 Å². The van der Waals surface area contributed by atoms with Gasteiger partial charge in [-0.05, 0) is 34.4 Å². The Kier molecular flexibility index (Phi) is 3.40. The predicted octanol–water partition coefficient (Wildman–Crippen LogP) is 5.09. The predicted molar refractivity (Wildman–Crippen MR) is 112 cm³/mol.